The number of hydrogen-bond acceptors (Lipinski definition) is 3. The number of nitrogens with zero attached hydrogens (tertiary/aromatic N) is 2. The first-order valence-corrected chi connectivity index (χ1v) is 12.4. The van der Waals surface area contributed by atoms with Gasteiger partial charge in [0.1, 0.15) is 11.2 Å². The number of aromatic nitrogens is 2. The van der Waals surface area contributed by atoms with Crippen LogP contribution < -0.4 is 0 Å². The van der Waals surface area contributed by atoms with Crippen molar-refractivity contribution in [3.8, 4) is 22.6 Å². The number of benzene rings is 4. The number of furan rings is 1. The minimum absolute atomic E-state index is 0.227. The van der Waals surface area contributed by atoms with E-state index in [0.717, 1.165) is 56.7 Å². The lowest BCUT2D eigenvalue weighted by Gasteiger charge is -2.16. The normalized spacial score (nSPS) is 15.3. The Labute approximate surface area is 209 Å². The van der Waals surface area contributed by atoms with Crippen molar-refractivity contribution >= 4 is 32.7 Å². The monoisotopic (exact) mass is 464 g/mol. The van der Waals surface area contributed by atoms with E-state index in [9.17, 15) is 0 Å². The van der Waals surface area contributed by atoms with Crippen LogP contribution in [0.1, 0.15) is 23.6 Å². The Morgan fingerprint density at radius 2 is 1.61 bits per heavy atom. The van der Waals surface area contributed by atoms with Gasteiger partial charge >= 0.3 is 0 Å². The molecule has 3 heteroatoms. The van der Waals surface area contributed by atoms with Crippen LogP contribution in [0.2, 0.25) is 0 Å². The van der Waals surface area contributed by atoms with E-state index in [1.165, 1.54) is 16.3 Å². The minimum atomic E-state index is 0.227. The van der Waals surface area contributed by atoms with E-state index in [1.54, 1.807) is 0 Å². The summed E-state index contributed by atoms with van der Waals surface area (Å²) < 4.78 is 6.32. The summed E-state index contributed by atoms with van der Waals surface area (Å²) in [6.07, 6.45) is 9.57. The number of allylic oxidation sites excluding steroid dienone is 4. The SMILES string of the molecule is Cc1ccc(-c2cc(C3C=CC=CC3)nc(-c3cccc4oc5cc6ccccc6cc5c34)n2)cc1. The van der Waals surface area contributed by atoms with Gasteiger partial charge in [0.25, 0.3) is 0 Å². The van der Waals surface area contributed by atoms with E-state index in [0.29, 0.717) is 0 Å². The molecular formula is C33H24N2O. The Kier molecular flexibility index (Phi) is 4.81. The van der Waals surface area contributed by atoms with Crippen LogP contribution in [0, 0.1) is 6.92 Å². The highest BCUT2D eigenvalue weighted by Crippen LogP contribution is 2.38. The van der Waals surface area contributed by atoms with Crippen LogP contribution in [-0.4, -0.2) is 9.97 Å². The first-order chi connectivity index (χ1) is 17.7. The highest BCUT2D eigenvalue weighted by Gasteiger charge is 2.19. The second kappa shape index (κ2) is 8.31. The molecule has 36 heavy (non-hydrogen) atoms. The van der Waals surface area contributed by atoms with Crippen LogP contribution in [0.4, 0.5) is 0 Å². The van der Waals surface area contributed by atoms with Crippen molar-refractivity contribution in [1.82, 2.24) is 9.97 Å². The Hall–Kier alpha value is -4.50. The molecule has 7 rings (SSSR count). The highest BCUT2D eigenvalue weighted by atomic mass is 16.3. The summed E-state index contributed by atoms with van der Waals surface area (Å²) in [6, 6.07) is 29.6. The number of fused-ring (bicyclic) bond motifs is 4. The van der Waals surface area contributed by atoms with Crippen LogP contribution in [0.15, 0.2) is 114 Å². The molecular weight excluding hydrogens is 440 g/mol. The fraction of sp³-hybridized carbons (Fsp3) is 0.0909. The predicted octanol–water partition coefficient (Wildman–Crippen LogP) is 8.77. The van der Waals surface area contributed by atoms with Crippen molar-refractivity contribution in [1.29, 1.82) is 0 Å². The molecule has 6 aromatic rings. The predicted molar refractivity (Wildman–Crippen MR) is 148 cm³/mol. The average Bonchev–Trinajstić information content (AvgIpc) is 3.30. The van der Waals surface area contributed by atoms with Gasteiger partial charge in [-0.15, -0.1) is 0 Å². The summed E-state index contributed by atoms with van der Waals surface area (Å²) in [6.45, 7) is 2.11. The molecule has 1 atom stereocenters. The van der Waals surface area contributed by atoms with E-state index in [1.807, 2.05) is 12.1 Å². The molecule has 0 fully saturated rings. The van der Waals surface area contributed by atoms with Crippen molar-refractivity contribution in [2.24, 2.45) is 0 Å². The Morgan fingerprint density at radius 1 is 0.778 bits per heavy atom. The summed E-state index contributed by atoms with van der Waals surface area (Å²) in [5, 5.41) is 4.51. The summed E-state index contributed by atoms with van der Waals surface area (Å²) in [4.78, 5) is 10.2. The van der Waals surface area contributed by atoms with Gasteiger partial charge in [0.15, 0.2) is 5.82 Å². The lowest BCUT2D eigenvalue weighted by atomic mass is 9.95. The number of rotatable bonds is 3. The van der Waals surface area contributed by atoms with Gasteiger partial charge in [-0.2, -0.15) is 0 Å². The fourth-order valence-corrected chi connectivity index (χ4v) is 5.15. The van der Waals surface area contributed by atoms with Crippen LogP contribution in [0.25, 0.3) is 55.4 Å². The van der Waals surface area contributed by atoms with E-state index < -0.39 is 0 Å². The first-order valence-electron chi connectivity index (χ1n) is 12.4. The van der Waals surface area contributed by atoms with Crippen molar-refractivity contribution in [3.05, 3.63) is 120 Å². The third-order valence-corrected chi connectivity index (χ3v) is 7.06. The van der Waals surface area contributed by atoms with Gasteiger partial charge < -0.3 is 4.42 Å². The van der Waals surface area contributed by atoms with Crippen molar-refractivity contribution in [2.75, 3.05) is 0 Å². The van der Waals surface area contributed by atoms with Crippen molar-refractivity contribution < 1.29 is 4.42 Å². The van der Waals surface area contributed by atoms with Gasteiger partial charge in [-0.3, -0.25) is 0 Å². The summed E-state index contributed by atoms with van der Waals surface area (Å²) in [7, 11) is 0. The quantitative estimate of drug-likeness (QED) is 0.263. The molecule has 3 nitrogen and oxygen atoms in total. The molecule has 1 unspecified atom stereocenters. The number of aryl methyl sites for hydroxylation is 1. The molecule has 172 valence electrons. The zero-order chi connectivity index (χ0) is 24.1. The third kappa shape index (κ3) is 3.52. The van der Waals surface area contributed by atoms with Gasteiger partial charge in [-0.05, 0) is 48.4 Å². The molecule has 0 saturated carbocycles. The molecule has 0 spiro atoms. The molecule has 2 aromatic heterocycles. The smallest absolute Gasteiger partial charge is 0.160 e. The third-order valence-electron chi connectivity index (χ3n) is 7.06. The van der Waals surface area contributed by atoms with Gasteiger partial charge in [0.05, 0.1) is 11.4 Å². The van der Waals surface area contributed by atoms with E-state index in [-0.39, 0.29) is 5.92 Å². The maximum atomic E-state index is 6.32. The molecule has 2 heterocycles. The zero-order valence-electron chi connectivity index (χ0n) is 20.0. The van der Waals surface area contributed by atoms with Crippen LogP contribution in [-0.2, 0) is 0 Å². The average molecular weight is 465 g/mol. The molecule has 1 aliphatic carbocycles. The Morgan fingerprint density at radius 3 is 2.42 bits per heavy atom. The first kappa shape index (κ1) is 20.8. The Bertz CT molecular complexity index is 1820. The zero-order valence-corrected chi connectivity index (χ0v) is 20.0. The topological polar surface area (TPSA) is 38.9 Å². The second-order valence-corrected chi connectivity index (χ2v) is 9.50. The summed E-state index contributed by atoms with van der Waals surface area (Å²) in [5.74, 6) is 0.956. The molecule has 0 N–H and O–H groups in total. The molecule has 0 amide bonds. The molecule has 0 bridgehead atoms. The summed E-state index contributed by atoms with van der Waals surface area (Å²) >= 11 is 0. The molecule has 0 saturated heterocycles. The van der Waals surface area contributed by atoms with E-state index in [2.05, 4.69) is 104 Å². The van der Waals surface area contributed by atoms with Gasteiger partial charge in [0, 0.05) is 27.8 Å². The minimum Gasteiger partial charge on any atom is -0.456 e. The molecule has 1 aliphatic rings. The van der Waals surface area contributed by atoms with Gasteiger partial charge in [-0.1, -0.05) is 90.5 Å². The largest absolute Gasteiger partial charge is 0.456 e. The standard InChI is InChI=1S/C33H24N2O/c1-21-14-16-23(17-15-21)29-20-28(22-8-3-2-4-9-22)34-33(35-29)26-12-7-13-30-32(26)27-18-24-10-5-6-11-25(24)19-31(27)36-30/h2-8,10-20,22H,9H2,1H3. The molecule has 4 aromatic carbocycles. The van der Waals surface area contributed by atoms with Crippen molar-refractivity contribution in [3.63, 3.8) is 0 Å². The van der Waals surface area contributed by atoms with Crippen LogP contribution in [0.3, 0.4) is 0 Å². The molecule has 0 aliphatic heterocycles. The molecule has 0 radical (unpaired) electrons. The summed E-state index contributed by atoms with van der Waals surface area (Å²) in [5.41, 5.74) is 7.02. The fourth-order valence-electron chi connectivity index (χ4n) is 5.15. The number of hydrogen-bond donors (Lipinski definition) is 0. The van der Waals surface area contributed by atoms with E-state index >= 15 is 0 Å². The lowest BCUT2D eigenvalue weighted by molar-refractivity contribution is 0.669. The van der Waals surface area contributed by atoms with E-state index in [4.69, 9.17) is 14.4 Å². The maximum absolute atomic E-state index is 6.32. The van der Waals surface area contributed by atoms with Crippen molar-refractivity contribution in [2.45, 2.75) is 19.3 Å². The lowest BCUT2D eigenvalue weighted by Crippen LogP contribution is -2.04. The maximum Gasteiger partial charge on any atom is 0.160 e. The van der Waals surface area contributed by atoms with Crippen LogP contribution >= 0.6 is 0 Å². The van der Waals surface area contributed by atoms with Gasteiger partial charge in [-0.25, -0.2) is 9.97 Å². The second-order valence-electron chi connectivity index (χ2n) is 9.50. The highest BCUT2D eigenvalue weighted by molar-refractivity contribution is 6.15. The van der Waals surface area contributed by atoms with Gasteiger partial charge in [0.2, 0.25) is 0 Å². The Balaban J connectivity index is 1.49. The van der Waals surface area contributed by atoms with Crippen LogP contribution in [0.5, 0.6) is 0 Å².